The number of fused-ring (bicyclic) bond motifs is 2. The van der Waals surface area contributed by atoms with E-state index in [-0.39, 0.29) is 16.6 Å². The fourth-order valence-corrected chi connectivity index (χ4v) is 5.79. The Labute approximate surface area is 125 Å². The van der Waals surface area contributed by atoms with E-state index in [2.05, 4.69) is 4.72 Å². The Hall–Kier alpha value is -1.14. The highest BCUT2D eigenvalue weighted by molar-refractivity contribution is 7.89. The molecule has 0 spiro atoms. The summed E-state index contributed by atoms with van der Waals surface area (Å²) in [6.45, 7) is 3.16. The van der Waals surface area contributed by atoms with Crippen molar-refractivity contribution in [1.82, 2.24) is 4.72 Å². The summed E-state index contributed by atoms with van der Waals surface area (Å²) in [6, 6.07) is 1.20. The summed E-state index contributed by atoms with van der Waals surface area (Å²) in [5, 5.41) is 0. The number of nitrogens with one attached hydrogen (secondary N) is 1. The van der Waals surface area contributed by atoms with Gasteiger partial charge in [0.1, 0.15) is 5.82 Å². The first-order chi connectivity index (χ1) is 9.79. The monoisotopic (exact) mass is 312 g/mol. The molecule has 0 radical (unpaired) electrons. The predicted octanol–water partition coefficient (Wildman–Crippen LogP) is 2.49. The molecule has 1 aromatic carbocycles. The molecule has 2 saturated carbocycles. The molecule has 2 fully saturated rings. The molecule has 3 unspecified atom stereocenters. The zero-order valence-corrected chi connectivity index (χ0v) is 13.1. The Balaban J connectivity index is 1.94. The zero-order chi connectivity index (χ0) is 15.4. The van der Waals surface area contributed by atoms with Crippen molar-refractivity contribution in [3.05, 3.63) is 23.0 Å². The maximum Gasteiger partial charge on any atom is 0.241 e. The summed E-state index contributed by atoms with van der Waals surface area (Å²) >= 11 is 0. The van der Waals surface area contributed by atoms with E-state index in [0.29, 0.717) is 23.0 Å². The highest BCUT2D eigenvalue weighted by Gasteiger charge is 2.41. The van der Waals surface area contributed by atoms with Crippen LogP contribution < -0.4 is 10.5 Å². The van der Waals surface area contributed by atoms with Gasteiger partial charge < -0.3 is 5.73 Å². The van der Waals surface area contributed by atoms with Gasteiger partial charge in [0.25, 0.3) is 0 Å². The van der Waals surface area contributed by atoms with Crippen LogP contribution in [-0.4, -0.2) is 14.5 Å². The van der Waals surface area contributed by atoms with Gasteiger partial charge in [-0.25, -0.2) is 17.5 Å². The Kier molecular flexibility index (Phi) is 3.48. The minimum Gasteiger partial charge on any atom is -0.396 e. The minimum absolute atomic E-state index is 0.0128. The number of halogens is 1. The molecule has 3 N–H and O–H groups in total. The number of nitrogen functional groups attached to an aromatic ring is 1. The Morgan fingerprint density at radius 3 is 2.57 bits per heavy atom. The number of sulfonamides is 1. The third kappa shape index (κ3) is 2.44. The van der Waals surface area contributed by atoms with Crippen LogP contribution >= 0.6 is 0 Å². The molecule has 21 heavy (non-hydrogen) atoms. The first-order valence-electron chi connectivity index (χ1n) is 7.37. The van der Waals surface area contributed by atoms with Crippen molar-refractivity contribution in [3.63, 3.8) is 0 Å². The van der Waals surface area contributed by atoms with Crippen LogP contribution in [0, 0.1) is 31.5 Å². The number of aryl methyl sites for hydroxylation is 1. The quantitative estimate of drug-likeness (QED) is 0.842. The van der Waals surface area contributed by atoms with Crippen molar-refractivity contribution in [2.45, 2.75) is 50.5 Å². The van der Waals surface area contributed by atoms with Gasteiger partial charge in [0, 0.05) is 6.04 Å². The fraction of sp³-hybridized carbons (Fsp3) is 0.600. The van der Waals surface area contributed by atoms with Gasteiger partial charge in [-0.05, 0) is 62.1 Å². The van der Waals surface area contributed by atoms with E-state index in [9.17, 15) is 12.8 Å². The second kappa shape index (κ2) is 4.95. The molecule has 0 aliphatic heterocycles. The second-order valence-corrected chi connectivity index (χ2v) is 8.10. The van der Waals surface area contributed by atoms with E-state index >= 15 is 0 Å². The first-order valence-corrected chi connectivity index (χ1v) is 8.85. The van der Waals surface area contributed by atoms with Crippen LogP contribution in [-0.2, 0) is 10.0 Å². The Morgan fingerprint density at radius 2 is 2.00 bits per heavy atom. The van der Waals surface area contributed by atoms with E-state index in [1.165, 1.54) is 12.5 Å². The second-order valence-electron chi connectivity index (χ2n) is 6.45. The van der Waals surface area contributed by atoms with Crippen molar-refractivity contribution in [2.75, 3.05) is 5.73 Å². The molecule has 0 saturated heterocycles. The highest BCUT2D eigenvalue weighted by atomic mass is 32.2. The van der Waals surface area contributed by atoms with Gasteiger partial charge in [0.05, 0.1) is 10.6 Å². The van der Waals surface area contributed by atoms with Crippen LogP contribution in [0.1, 0.15) is 36.8 Å². The molecule has 0 amide bonds. The van der Waals surface area contributed by atoms with Crippen molar-refractivity contribution >= 4 is 15.7 Å². The Bertz CT molecular complexity index is 687. The van der Waals surface area contributed by atoms with Gasteiger partial charge in [-0.1, -0.05) is 6.42 Å². The summed E-state index contributed by atoms with van der Waals surface area (Å²) in [5.41, 5.74) is 6.25. The SMILES string of the molecule is Cc1cc(F)c(N)c(C)c1S(=O)(=O)NC1CC2CCC1C2. The predicted molar refractivity (Wildman–Crippen MR) is 79.8 cm³/mol. The van der Waals surface area contributed by atoms with E-state index in [0.717, 1.165) is 19.3 Å². The lowest BCUT2D eigenvalue weighted by atomic mass is 9.96. The molecule has 0 heterocycles. The standard InChI is InChI=1S/C15H21FN2O2S/c1-8-5-12(16)14(17)9(2)15(8)21(19,20)18-13-7-10-3-4-11(13)6-10/h5,10-11,13,18H,3-4,6-7,17H2,1-2H3. The maximum atomic E-state index is 13.6. The summed E-state index contributed by atoms with van der Waals surface area (Å²) in [7, 11) is -3.66. The van der Waals surface area contributed by atoms with Crippen LogP contribution in [0.3, 0.4) is 0 Å². The third-order valence-corrected chi connectivity index (χ3v) is 6.80. The van der Waals surface area contributed by atoms with Crippen molar-refractivity contribution in [2.24, 2.45) is 11.8 Å². The summed E-state index contributed by atoms with van der Waals surface area (Å²) < 4.78 is 41.8. The van der Waals surface area contributed by atoms with Crippen molar-refractivity contribution in [1.29, 1.82) is 0 Å². The lowest BCUT2D eigenvalue weighted by Crippen LogP contribution is -2.39. The van der Waals surface area contributed by atoms with Gasteiger partial charge in [-0.15, -0.1) is 0 Å². The van der Waals surface area contributed by atoms with Crippen LogP contribution in [0.4, 0.5) is 10.1 Å². The molecular formula is C15H21FN2O2S. The molecule has 2 bridgehead atoms. The van der Waals surface area contributed by atoms with Crippen LogP contribution in [0.15, 0.2) is 11.0 Å². The summed E-state index contributed by atoms with van der Waals surface area (Å²) in [6.07, 6.45) is 4.35. The van der Waals surface area contributed by atoms with Gasteiger partial charge in [-0.3, -0.25) is 0 Å². The van der Waals surface area contributed by atoms with Crippen LogP contribution in [0.5, 0.6) is 0 Å². The highest BCUT2D eigenvalue weighted by Crippen LogP contribution is 2.45. The fourth-order valence-electron chi connectivity index (χ4n) is 3.99. The maximum absolute atomic E-state index is 13.6. The van der Waals surface area contributed by atoms with Crippen molar-refractivity contribution in [3.8, 4) is 0 Å². The van der Waals surface area contributed by atoms with E-state index in [1.807, 2.05) is 0 Å². The lowest BCUT2D eigenvalue weighted by Gasteiger charge is -2.24. The summed E-state index contributed by atoms with van der Waals surface area (Å²) in [4.78, 5) is 0.129. The molecule has 1 aromatic rings. The lowest BCUT2D eigenvalue weighted by molar-refractivity contribution is 0.390. The number of rotatable bonds is 3. The zero-order valence-electron chi connectivity index (χ0n) is 12.3. The molecular weight excluding hydrogens is 291 g/mol. The normalized spacial score (nSPS) is 28.2. The Morgan fingerprint density at radius 1 is 1.29 bits per heavy atom. The first kappa shape index (κ1) is 14.8. The largest absolute Gasteiger partial charge is 0.396 e. The van der Waals surface area contributed by atoms with Gasteiger partial charge >= 0.3 is 0 Å². The summed E-state index contributed by atoms with van der Waals surface area (Å²) in [5.74, 6) is 0.537. The van der Waals surface area contributed by atoms with E-state index in [4.69, 9.17) is 5.73 Å². The smallest absolute Gasteiger partial charge is 0.241 e. The van der Waals surface area contributed by atoms with Crippen molar-refractivity contribution < 1.29 is 12.8 Å². The molecule has 6 heteroatoms. The molecule has 4 nitrogen and oxygen atoms in total. The van der Waals surface area contributed by atoms with Crippen LogP contribution in [0.25, 0.3) is 0 Å². The molecule has 116 valence electrons. The molecule has 2 aliphatic carbocycles. The molecule has 3 rings (SSSR count). The minimum atomic E-state index is -3.66. The number of hydrogen-bond donors (Lipinski definition) is 2. The third-order valence-electron chi connectivity index (χ3n) is 5.02. The number of nitrogens with two attached hydrogens (primary N) is 1. The molecule has 2 aliphatic rings. The van der Waals surface area contributed by atoms with Gasteiger partial charge in [0.2, 0.25) is 10.0 Å². The van der Waals surface area contributed by atoms with Gasteiger partial charge in [-0.2, -0.15) is 0 Å². The van der Waals surface area contributed by atoms with E-state index in [1.54, 1.807) is 13.8 Å². The number of hydrogen-bond acceptors (Lipinski definition) is 3. The van der Waals surface area contributed by atoms with Gasteiger partial charge in [0.15, 0.2) is 0 Å². The van der Waals surface area contributed by atoms with Crippen LogP contribution in [0.2, 0.25) is 0 Å². The number of benzene rings is 1. The number of anilines is 1. The molecule has 0 aromatic heterocycles. The topological polar surface area (TPSA) is 72.2 Å². The molecule has 3 atom stereocenters. The van der Waals surface area contributed by atoms with E-state index < -0.39 is 15.8 Å². The average Bonchev–Trinajstić information content (AvgIpc) is 2.97. The average molecular weight is 312 g/mol.